The van der Waals surface area contributed by atoms with Gasteiger partial charge in [0.05, 0.1) is 17.9 Å². The number of para-hydroxylation sites is 2. The molecule has 1 fully saturated rings. The molecule has 1 N–H and O–H groups in total. The summed E-state index contributed by atoms with van der Waals surface area (Å²) in [7, 11) is 2.04. The number of hydrogen-bond donors (Lipinski definition) is 1. The summed E-state index contributed by atoms with van der Waals surface area (Å²) in [6.45, 7) is 0.308. The predicted octanol–water partition coefficient (Wildman–Crippen LogP) is 4.29. The van der Waals surface area contributed by atoms with Crippen LogP contribution in [0, 0.1) is 0 Å². The SMILES string of the molecule is CN(CC(=O)N1c2ccccc2NC(=O)C12CCCC2)C1CCCc2ccccc21. The van der Waals surface area contributed by atoms with E-state index in [1.54, 1.807) is 0 Å². The van der Waals surface area contributed by atoms with Gasteiger partial charge in [-0.15, -0.1) is 0 Å². The molecular weight excluding hydrogens is 374 g/mol. The average molecular weight is 404 g/mol. The fourth-order valence-corrected chi connectivity index (χ4v) is 5.71. The third kappa shape index (κ3) is 3.03. The van der Waals surface area contributed by atoms with Crippen LogP contribution < -0.4 is 10.2 Å². The van der Waals surface area contributed by atoms with Crippen molar-refractivity contribution in [2.24, 2.45) is 0 Å². The van der Waals surface area contributed by atoms with Crippen LogP contribution in [0.1, 0.15) is 55.7 Å². The summed E-state index contributed by atoms with van der Waals surface area (Å²) >= 11 is 0. The Morgan fingerprint density at radius 1 is 1.10 bits per heavy atom. The summed E-state index contributed by atoms with van der Waals surface area (Å²) < 4.78 is 0. The van der Waals surface area contributed by atoms with Crippen LogP contribution in [0.25, 0.3) is 0 Å². The molecule has 2 amide bonds. The zero-order valence-electron chi connectivity index (χ0n) is 17.6. The van der Waals surface area contributed by atoms with Crippen LogP contribution in [-0.4, -0.2) is 35.8 Å². The largest absolute Gasteiger partial charge is 0.322 e. The van der Waals surface area contributed by atoms with E-state index < -0.39 is 5.54 Å². The molecule has 0 aromatic heterocycles. The van der Waals surface area contributed by atoms with E-state index in [0.717, 1.165) is 56.3 Å². The van der Waals surface area contributed by atoms with Crippen LogP contribution >= 0.6 is 0 Å². The van der Waals surface area contributed by atoms with Crippen molar-refractivity contribution in [3.05, 3.63) is 59.7 Å². The number of carbonyl (C=O) groups excluding carboxylic acids is 2. The fraction of sp³-hybridized carbons (Fsp3) is 0.440. The third-order valence-corrected chi connectivity index (χ3v) is 7.18. The Bertz CT molecular complexity index is 980. The van der Waals surface area contributed by atoms with E-state index in [4.69, 9.17) is 0 Å². The molecule has 1 saturated carbocycles. The maximum absolute atomic E-state index is 13.7. The molecule has 2 aromatic rings. The highest BCUT2D eigenvalue weighted by Crippen LogP contribution is 2.45. The van der Waals surface area contributed by atoms with E-state index in [0.29, 0.717) is 6.54 Å². The molecule has 0 bridgehead atoms. The first-order valence-electron chi connectivity index (χ1n) is 11.1. The molecule has 30 heavy (non-hydrogen) atoms. The molecule has 1 spiro atoms. The highest BCUT2D eigenvalue weighted by atomic mass is 16.2. The number of nitrogens with one attached hydrogen (secondary N) is 1. The second-order valence-electron chi connectivity index (χ2n) is 8.96. The Balaban J connectivity index is 1.46. The standard InChI is InChI=1S/C25H29N3O2/c1-27(21-14-8-10-18-9-2-3-11-19(18)21)17-23(29)28-22-13-5-4-12-20(22)26-24(30)25(28)15-6-7-16-25/h2-5,9,11-13,21H,6-8,10,14-17H2,1H3,(H,26,30). The number of fused-ring (bicyclic) bond motifs is 2. The smallest absolute Gasteiger partial charge is 0.250 e. The van der Waals surface area contributed by atoms with Gasteiger partial charge in [0.2, 0.25) is 5.91 Å². The number of anilines is 2. The molecule has 5 rings (SSSR count). The van der Waals surface area contributed by atoms with Gasteiger partial charge < -0.3 is 5.32 Å². The maximum Gasteiger partial charge on any atom is 0.250 e. The zero-order chi connectivity index (χ0) is 20.7. The summed E-state index contributed by atoms with van der Waals surface area (Å²) in [4.78, 5) is 30.9. The minimum atomic E-state index is -0.739. The summed E-state index contributed by atoms with van der Waals surface area (Å²) in [6, 6.07) is 16.5. The van der Waals surface area contributed by atoms with E-state index in [9.17, 15) is 9.59 Å². The van der Waals surface area contributed by atoms with Crippen LogP contribution in [0.3, 0.4) is 0 Å². The lowest BCUT2D eigenvalue weighted by atomic mass is 9.86. The van der Waals surface area contributed by atoms with Gasteiger partial charge in [0, 0.05) is 6.04 Å². The summed E-state index contributed by atoms with van der Waals surface area (Å²) in [5.41, 5.74) is 3.56. The summed E-state index contributed by atoms with van der Waals surface area (Å²) in [5, 5.41) is 3.06. The van der Waals surface area contributed by atoms with E-state index in [-0.39, 0.29) is 17.9 Å². The lowest BCUT2D eigenvalue weighted by molar-refractivity contribution is -0.128. The Kier molecular flexibility index (Phi) is 4.86. The van der Waals surface area contributed by atoms with Crippen molar-refractivity contribution < 1.29 is 9.59 Å². The summed E-state index contributed by atoms with van der Waals surface area (Å²) in [5.74, 6) is -0.0116. The molecule has 0 saturated heterocycles. The van der Waals surface area contributed by atoms with Crippen molar-refractivity contribution in [3.63, 3.8) is 0 Å². The maximum atomic E-state index is 13.7. The van der Waals surface area contributed by atoms with Crippen molar-refractivity contribution in [1.29, 1.82) is 0 Å². The number of hydrogen-bond acceptors (Lipinski definition) is 3. The van der Waals surface area contributed by atoms with Crippen LogP contribution in [0.2, 0.25) is 0 Å². The molecule has 5 heteroatoms. The molecule has 1 unspecified atom stereocenters. The molecule has 0 radical (unpaired) electrons. The van der Waals surface area contributed by atoms with E-state index in [2.05, 4.69) is 34.5 Å². The first-order valence-corrected chi connectivity index (χ1v) is 11.1. The van der Waals surface area contributed by atoms with Gasteiger partial charge >= 0.3 is 0 Å². The van der Waals surface area contributed by atoms with Gasteiger partial charge in [-0.3, -0.25) is 19.4 Å². The van der Waals surface area contributed by atoms with E-state index in [1.165, 1.54) is 11.1 Å². The molecule has 5 nitrogen and oxygen atoms in total. The average Bonchev–Trinajstić information content (AvgIpc) is 3.24. The minimum absolute atomic E-state index is 0.0183. The van der Waals surface area contributed by atoms with Gasteiger partial charge in [0.1, 0.15) is 5.54 Å². The van der Waals surface area contributed by atoms with Gasteiger partial charge in [-0.2, -0.15) is 0 Å². The number of amides is 2. The Morgan fingerprint density at radius 3 is 2.67 bits per heavy atom. The topological polar surface area (TPSA) is 52.7 Å². The number of rotatable bonds is 3. The predicted molar refractivity (Wildman–Crippen MR) is 119 cm³/mol. The van der Waals surface area contributed by atoms with Crippen LogP contribution in [0.5, 0.6) is 0 Å². The lowest BCUT2D eigenvalue weighted by Gasteiger charge is -2.45. The normalized spacial score (nSPS) is 22.0. The Labute approximate surface area is 178 Å². The van der Waals surface area contributed by atoms with Crippen molar-refractivity contribution in [2.75, 3.05) is 23.8 Å². The molecule has 3 aliphatic rings. The number of carbonyl (C=O) groups is 2. The second-order valence-corrected chi connectivity index (χ2v) is 8.96. The van der Waals surface area contributed by atoms with Gasteiger partial charge in [-0.05, 0) is 62.4 Å². The van der Waals surface area contributed by atoms with Crippen molar-refractivity contribution in [3.8, 4) is 0 Å². The summed E-state index contributed by atoms with van der Waals surface area (Å²) in [6.07, 6.45) is 6.72. The third-order valence-electron chi connectivity index (χ3n) is 7.18. The molecule has 156 valence electrons. The van der Waals surface area contributed by atoms with Crippen LogP contribution in [0.4, 0.5) is 11.4 Å². The molecule has 1 aliphatic heterocycles. The molecule has 2 aromatic carbocycles. The van der Waals surface area contributed by atoms with Gasteiger partial charge in [-0.25, -0.2) is 0 Å². The number of likely N-dealkylation sites (N-methyl/N-ethyl adjacent to an activating group) is 1. The lowest BCUT2D eigenvalue weighted by Crippen LogP contribution is -2.62. The van der Waals surface area contributed by atoms with Gasteiger partial charge in [-0.1, -0.05) is 49.2 Å². The highest BCUT2D eigenvalue weighted by molar-refractivity contribution is 6.15. The van der Waals surface area contributed by atoms with Crippen molar-refractivity contribution in [1.82, 2.24) is 4.90 Å². The molecule has 1 heterocycles. The van der Waals surface area contributed by atoms with Crippen LogP contribution in [0.15, 0.2) is 48.5 Å². The number of benzene rings is 2. The van der Waals surface area contributed by atoms with E-state index in [1.807, 2.05) is 36.2 Å². The number of aryl methyl sites for hydroxylation is 1. The monoisotopic (exact) mass is 403 g/mol. The van der Waals surface area contributed by atoms with Crippen molar-refractivity contribution >= 4 is 23.2 Å². The van der Waals surface area contributed by atoms with Gasteiger partial charge in [0.25, 0.3) is 5.91 Å². The van der Waals surface area contributed by atoms with Gasteiger partial charge in [0.15, 0.2) is 0 Å². The van der Waals surface area contributed by atoms with Crippen LogP contribution in [-0.2, 0) is 16.0 Å². The molecular formula is C25H29N3O2. The zero-order valence-corrected chi connectivity index (χ0v) is 17.6. The highest BCUT2D eigenvalue weighted by Gasteiger charge is 2.52. The molecule has 1 atom stereocenters. The first-order chi connectivity index (χ1) is 14.6. The Hall–Kier alpha value is -2.66. The minimum Gasteiger partial charge on any atom is -0.322 e. The van der Waals surface area contributed by atoms with E-state index >= 15 is 0 Å². The first kappa shape index (κ1) is 19.3. The fourth-order valence-electron chi connectivity index (χ4n) is 5.71. The number of nitrogens with zero attached hydrogens (tertiary/aromatic N) is 2. The van der Waals surface area contributed by atoms with Crippen molar-refractivity contribution in [2.45, 2.75) is 56.5 Å². The second kappa shape index (κ2) is 7.55. The molecule has 2 aliphatic carbocycles. The quantitative estimate of drug-likeness (QED) is 0.832. The Morgan fingerprint density at radius 2 is 1.83 bits per heavy atom.